The number of hydrogen-bond acceptors (Lipinski definition) is 0. The Morgan fingerprint density at radius 3 is 0.738 bits per heavy atom. The first kappa shape index (κ1) is 23.7. The first-order valence-corrected chi connectivity index (χ1v) is 20.9. The Morgan fingerprint density at radius 1 is 0.333 bits per heavy atom. The quantitative estimate of drug-likeness (QED) is 0.166. The molecular formula is C41H29Sn. The van der Waals surface area contributed by atoms with Crippen LogP contribution in [0.15, 0.2) is 146 Å². The number of benzene rings is 6. The summed E-state index contributed by atoms with van der Waals surface area (Å²) in [5.41, 5.74) is 18.5. The minimum absolute atomic E-state index is 0.127. The van der Waals surface area contributed by atoms with Crippen molar-refractivity contribution >= 4 is 19.8 Å². The zero-order valence-electron chi connectivity index (χ0n) is 23.5. The van der Waals surface area contributed by atoms with E-state index in [2.05, 4.69) is 151 Å². The molecule has 0 heterocycles. The molecule has 0 saturated heterocycles. The van der Waals surface area contributed by atoms with Crippen LogP contribution in [0.2, 0.25) is 4.94 Å². The van der Waals surface area contributed by atoms with Crippen molar-refractivity contribution in [3.05, 3.63) is 212 Å². The van der Waals surface area contributed by atoms with Crippen molar-refractivity contribution < 1.29 is 0 Å². The van der Waals surface area contributed by atoms with Crippen LogP contribution in [0.25, 0.3) is 0 Å². The van der Waals surface area contributed by atoms with Crippen molar-refractivity contribution in [2.45, 2.75) is 23.6 Å². The summed E-state index contributed by atoms with van der Waals surface area (Å²) in [6, 6.07) is 56.9. The van der Waals surface area contributed by atoms with E-state index in [1.807, 2.05) is 0 Å². The van der Waals surface area contributed by atoms with Gasteiger partial charge in [-0.15, -0.1) is 0 Å². The molecule has 0 fully saturated rings. The van der Waals surface area contributed by atoms with Crippen molar-refractivity contribution in [2.75, 3.05) is 0 Å². The molecule has 0 nitrogen and oxygen atoms in total. The fourth-order valence-corrected chi connectivity index (χ4v) is 22.3. The summed E-state index contributed by atoms with van der Waals surface area (Å²) in [6.45, 7) is 0. The molecule has 0 aromatic heterocycles. The molecule has 0 aliphatic heterocycles. The van der Waals surface area contributed by atoms with Crippen molar-refractivity contribution in [1.29, 1.82) is 0 Å². The summed E-state index contributed by atoms with van der Waals surface area (Å²) >= 11 is -2.88. The second kappa shape index (κ2) is 8.14. The first-order chi connectivity index (χ1) is 20.8. The molecule has 1 heteroatoms. The van der Waals surface area contributed by atoms with Crippen molar-refractivity contribution in [1.82, 2.24) is 0 Å². The van der Waals surface area contributed by atoms with E-state index in [0.717, 1.165) is 0 Å². The fourth-order valence-electron chi connectivity index (χ4n) is 9.91. The van der Waals surface area contributed by atoms with Gasteiger partial charge in [0.2, 0.25) is 0 Å². The van der Waals surface area contributed by atoms with Crippen LogP contribution >= 0.6 is 0 Å². The monoisotopic (exact) mass is 641 g/mol. The van der Waals surface area contributed by atoms with Crippen LogP contribution < -0.4 is 0 Å². The zero-order chi connectivity index (χ0) is 27.6. The molecule has 1 radical (unpaired) electrons. The molecule has 4 bridgehead atoms. The molecule has 6 aliphatic rings. The normalized spacial score (nSPS) is 24.7. The molecule has 42 heavy (non-hydrogen) atoms. The third-order valence-corrected chi connectivity index (χ3v) is 22.2. The average molecular weight is 640 g/mol. The second-order valence-electron chi connectivity index (χ2n) is 12.5. The van der Waals surface area contributed by atoms with Crippen LogP contribution in [0.3, 0.4) is 0 Å². The van der Waals surface area contributed by atoms with E-state index in [-0.39, 0.29) is 6.86 Å². The molecule has 12 rings (SSSR count). The average Bonchev–Trinajstić information content (AvgIpc) is 3.07. The van der Waals surface area contributed by atoms with Gasteiger partial charge < -0.3 is 0 Å². The van der Waals surface area contributed by atoms with E-state index < -0.39 is 19.8 Å². The summed E-state index contributed by atoms with van der Waals surface area (Å²) in [5, 5.41) is 0. The van der Waals surface area contributed by atoms with E-state index in [1.165, 1.54) is 33.4 Å². The first-order valence-electron chi connectivity index (χ1n) is 15.2. The van der Waals surface area contributed by atoms with Gasteiger partial charge in [0.15, 0.2) is 0 Å². The molecular weight excluding hydrogens is 611 g/mol. The van der Waals surface area contributed by atoms with Gasteiger partial charge in [-0.2, -0.15) is 0 Å². The predicted octanol–water partition coefficient (Wildman–Crippen LogP) is 8.87. The Kier molecular flexibility index (Phi) is 4.59. The predicted molar refractivity (Wildman–Crippen MR) is 172 cm³/mol. The van der Waals surface area contributed by atoms with E-state index in [4.69, 9.17) is 0 Å². The van der Waals surface area contributed by atoms with E-state index >= 15 is 0 Å². The molecule has 6 aromatic carbocycles. The van der Waals surface area contributed by atoms with Crippen LogP contribution in [-0.4, -0.2) is 19.8 Å². The zero-order valence-corrected chi connectivity index (χ0v) is 26.4. The Morgan fingerprint density at radius 2 is 0.524 bits per heavy atom. The topological polar surface area (TPSA) is 0 Å². The van der Waals surface area contributed by atoms with E-state index in [1.54, 1.807) is 33.4 Å². The number of hydrogen-bond donors (Lipinski definition) is 0. The maximum absolute atomic E-state index is 2.88. The molecule has 0 spiro atoms. The Balaban J connectivity index is 1.42. The maximum atomic E-state index is 2.77. The van der Waals surface area contributed by atoms with Gasteiger partial charge in [0.25, 0.3) is 0 Å². The summed E-state index contributed by atoms with van der Waals surface area (Å²) < 4.78 is -0.253. The van der Waals surface area contributed by atoms with Gasteiger partial charge in [0.1, 0.15) is 0 Å². The molecule has 0 atom stereocenters. The molecule has 0 N–H and O–H groups in total. The van der Waals surface area contributed by atoms with E-state index in [0.29, 0.717) is 11.8 Å². The Labute approximate surface area is 254 Å². The van der Waals surface area contributed by atoms with Gasteiger partial charge in [-0.05, 0) is 0 Å². The summed E-state index contributed by atoms with van der Waals surface area (Å²) in [6.07, 6.45) is 0. The molecule has 6 aliphatic carbocycles. The van der Waals surface area contributed by atoms with Crippen molar-refractivity contribution in [3.63, 3.8) is 0 Å². The standard InChI is InChI=1S/2C20H13.CH3.Sn/c2*1-2-8-14-13(7-1)19-15-9-3-5-11-17(15)20(14)18-12-6-4-10-16(18)19;;/h2*1-12,19H;1H3;. The van der Waals surface area contributed by atoms with E-state index in [9.17, 15) is 0 Å². The van der Waals surface area contributed by atoms with Gasteiger partial charge in [0, 0.05) is 0 Å². The summed E-state index contributed by atoms with van der Waals surface area (Å²) in [7, 11) is 0. The Bertz CT molecular complexity index is 1720. The van der Waals surface area contributed by atoms with Crippen molar-refractivity contribution in [2.24, 2.45) is 0 Å². The van der Waals surface area contributed by atoms with Gasteiger partial charge in [-0.1, -0.05) is 0 Å². The van der Waals surface area contributed by atoms with Gasteiger partial charge in [-0.25, -0.2) is 0 Å². The van der Waals surface area contributed by atoms with Gasteiger partial charge in [0.05, 0.1) is 0 Å². The molecule has 0 unspecified atom stereocenters. The van der Waals surface area contributed by atoms with Crippen LogP contribution in [0.1, 0.15) is 78.6 Å². The molecule has 0 amide bonds. The second-order valence-corrected chi connectivity index (χ2v) is 20.4. The van der Waals surface area contributed by atoms with Crippen LogP contribution in [-0.2, 0) is 6.86 Å². The summed E-state index contributed by atoms with van der Waals surface area (Å²) in [5.74, 6) is 0.608. The molecule has 0 saturated carbocycles. The minimum atomic E-state index is -2.88. The van der Waals surface area contributed by atoms with Crippen LogP contribution in [0, 0.1) is 0 Å². The van der Waals surface area contributed by atoms with Crippen LogP contribution in [0.5, 0.6) is 0 Å². The SMILES string of the molecule is [CH3][Sn]([C]12c3ccccc3C(c3ccccc31)c1ccccc12)[C]12c3ccccc3C(c3ccccc31)c1ccccc12. The van der Waals surface area contributed by atoms with Crippen LogP contribution in [0.4, 0.5) is 0 Å². The Hall–Kier alpha value is -3.88. The van der Waals surface area contributed by atoms with Crippen molar-refractivity contribution in [3.8, 4) is 0 Å². The molecule has 197 valence electrons. The fraction of sp³-hybridized carbons (Fsp3) is 0.122. The van der Waals surface area contributed by atoms with Gasteiger partial charge in [-0.3, -0.25) is 0 Å². The summed E-state index contributed by atoms with van der Waals surface area (Å²) in [4.78, 5) is 2.77. The number of rotatable bonds is 2. The molecule has 6 aromatic rings. The third-order valence-electron chi connectivity index (χ3n) is 11.2. The van der Waals surface area contributed by atoms with Gasteiger partial charge >= 0.3 is 256 Å². The third kappa shape index (κ3) is 2.48.